The van der Waals surface area contributed by atoms with Crippen LogP contribution in [0.2, 0.25) is 0 Å². The third-order valence-corrected chi connectivity index (χ3v) is 7.78. The third kappa shape index (κ3) is 6.13. The Kier molecular flexibility index (Phi) is 8.15. The molecule has 0 radical (unpaired) electrons. The Bertz CT molecular complexity index is 1000. The number of esters is 1. The van der Waals surface area contributed by atoms with Gasteiger partial charge in [-0.05, 0) is 99.8 Å². The largest absolute Gasteiger partial charge is 0.465 e. The molecule has 5 rings (SSSR count). The molecule has 2 atom stereocenters. The Morgan fingerprint density at radius 1 is 1.09 bits per heavy atom. The molecule has 0 N–H and O–H groups in total. The summed E-state index contributed by atoms with van der Waals surface area (Å²) in [4.78, 5) is 20.2. The Hall–Kier alpha value is -2.24. The van der Waals surface area contributed by atoms with E-state index in [1.54, 1.807) is 0 Å². The van der Waals surface area contributed by atoms with Gasteiger partial charge in [0.2, 0.25) is 0 Å². The summed E-state index contributed by atoms with van der Waals surface area (Å²) in [6, 6.07) is 12.6. The van der Waals surface area contributed by atoms with Crippen molar-refractivity contribution in [1.82, 2.24) is 9.88 Å². The number of benzene rings is 1. The predicted molar refractivity (Wildman–Crippen MR) is 138 cm³/mol. The monoisotopic (exact) mass is 476 g/mol. The molecule has 35 heavy (non-hydrogen) atoms. The number of aryl methyl sites for hydroxylation is 3. The van der Waals surface area contributed by atoms with E-state index in [1.165, 1.54) is 54.6 Å². The first kappa shape index (κ1) is 24.5. The molecule has 2 fully saturated rings. The minimum absolute atomic E-state index is 0.126. The van der Waals surface area contributed by atoms with E-state index < -0.39 is 0 Å². The first-order valence-corrected chi connectivity index (χ1v) is 13.8. The van der Waals surface area contributed by atoms with Crippen molar-refractivity contribution in [2.24, 2.45) is 0 Å². The van der Waals surface area contributed by atoms with Gasteiger partial charge in [0.15, 0.2) is 0 Å². The summed E-state index contributed by atoms with van der Waals surface area (Å²) in [5.41, 5.74) is 6.46. The molecule has 5 heteroatoms. The summed E-state index contributed by atoms with van der Waals surface area (Å²) in [6.07, 6.45) is 11.7. The van der Waals surface area contributed by atoms with Crippen molar-refractivity contribution < 1.29 is 14.3 Å². The van der Waals surface area contributed by atoms with Crippen molar-refractivity contribution in [1.29, 1.82) is 0 Å². The highest BCUT2D eigenvalue weighted by atomic mass is 16.5. The summed E-state index contributed by atoms with van der Waals surface area (Å²) >= 11 is 0. The predicted octanol–water partition coefficient (Wildman–Crippen LogP) is 5.56. The number of ether oxygens (including phenoxy) is 2. The number of hydrogen-bond acceptors (Lipinski definition) is 5. The van der Waals surface area contributed by atoms with Crippen molar-refractivity contribution in [3.05, 3.63) is 64.5 Å². The number of rotatable bonds is 11. The maximum absolute atomic E-state index is 13.0. The van der Waals surface area contributed by atoms with Crippen molar-refractivity contribution in [2.45, 2.75) is 89.2 Å². The summed E-state index contributed by atoms with van der Waals surface area (Å²) in [5.74, 6) is 0.473. The topological polar surface area (TPSA) is 51.7 Å². The molecule has 0 amide bonds. The second kappa shape index (κ2) is 11.7. The van der Waals surface area contributed by atoms with Crippen LogP contribution in [0.1, 0.15) is 91.9 Å². The van der Waals surface area contributed by atoms with Crippen LogP contribution < -0.4 is 0 Å². The second-order valence-corrected chi connectivity index (χ2v) is 10.4. The number of nitrogens with zero attached hydrogens (tertiary/aromatic N) is 2. The number of carbonyl (C=O) groups excluding carboxylic acids is 1. The van der Waals surface area contributed by atoms with Crippen molar-refractivity contribution >= 4 is 5.97 Å². The minimum Gasteiger partial charge on any atom is -0.465 e. The molecule has 1 aromatic heterocycles. The van der Waals surface area contributed by atoms with Crippen LogP contribution in [0.3, 0.4) is 0 Å². The molecule has 2 aromatic rings. The van der Waals surface area contributed by atoms with E-state index >= 15 is 0 Å². The van der Waals surface area contributed by atoms with Gasteiger partial charge in [-0.25, -0.2) is 4.79 Å². The lowest BCUT2D eigenvalue weighted by molar-refractivity contribution is -0.149. The average molecular weight is 477 g/mol. The second-order valence-electron chi connectivity index (χ2n) is 10.4. The van der Waals surface area contributed by atoms with Crippen LogP contribution in [-0.4, -0.2) is 48.3 Å². The molecule has 3 aliphatic rings. The number of hydrogen-bond donors (Lipinski definition) is 0. The van der Waals surface area contributed by atoms with Crippen LogP contribution in [-0.2, 0) is 33.5 Å². The minimum atomic E-state index is -0.324. The molecule has 0 bridgehead atoms. The highest BCUT2D eigenvalue weighted by Crippen LogP contribution is 2.44. The molecule has 1 saturated carbocycles. The first-order valence-electron chi connectivity index (χ1n) is 13.8. The third-order valence-electron chi connectivity index (χ3n) is 7.78. The first-order chi connectivity index (χ1) is 17.2. The van der Waals surface area contributed by atoms with Gasteiger partial charge in [0.1, 0.15) is 6.04 Å². The van der Waals surface area contributed by atoms with E-state index in [4.69, 9.17) is 14.5 Å². The summed E-state index contributed by atoms with van der Waals surface area (Å²) in [6.45, 7) is 4.72. The highest BCUT2D eigenvalue weighted by molar-refractivity contribution is 5.78. The number of carbonyl (C=O) groups is 1. The Balaban J connectivity index is 1.11. The van der Waals surface area contributed by atoms with Gasteiger partial charge in [-0.15, -0.1) is 0 Å². The zero-order valence-corrected chi connectivity index (χ0v) is 21.2. The van der Waals surface area contributed by atoms with Gasteiger partial charge in [-0.3, -0.25) is 9.88 Å². The van der Waals surface area contributed by atoms with Crippen LogP contribution in [0.4, 0.5) is 0 Å². The fourth-order valence-corrected chi connectivity index (χ4v) is 5.77. The van der Waals surface area contributed by atoms with Crippen LogP contribution in [0.15, 0.2) is 36.4 Å². The molecule has 1 unspecified atom stereocenters. The lowest BCUT2D eigenvalue weighted by Crippen LogP contribution is -2.35. The average Bonchev–Trinajstić information content (AvgIpc) is 3.63. The maximum Gasteiger partial charge on any atom is 0.328 e. The van der Waals surface area contributed by atoms with E-state index in [2.05, 4.69) is 41.3 Å². The van der Waals surface area contributed by atoms with Crippen molar-refractivity contribution in [3.63, 3.8) is 0 Å². The van der Waals surface area contributed by atoms with Gasteiger partial charge >= 0.3 is 5.97 Å². The number of fused-ring (bicyclic) bond motifs is 1. The van der Waals surface area contributed by atoms with E-state index in [0.717, 1.165) is 57.4 Å². The highest BCUT2D eigenvalue weighted by Gasteiger charge is 2.38. The Morgan fingerprint density at radius 2 is 1.94 bits per heavy atom. The summed E-state index contributed by atoms with van der Waals surface area (Å²) in [7, 11) is 0. The summed E-state index contributed by atoms with van der Waals surface area (Å²) in [5, 5.41) is 0. The van der Waals surface area contributed by atoms with E-state index in [0.29, 0.717) is 12.5 Å². The van der Waals surface area contributed by atoms with E-state index in [-0.39, 0.29) is 18.1 Å². The zero-order chi connectivity index (χ0) is 24.0. The Labute approximate surface area is 210 Å². The van der Waals surface area contributed by atoms with Crippen molar-refractivity contribution in [2.75, 3.05) is 26.3 Å². The van der Waals surface area contributed by atoms with Crippen LogP contribution in [0.5, 0.6) is 0 Å². The van der Waals surface area contributed by atoms with Crippen LogP contribution >= 0.6 is 0 Å². The van der Waals surface area contributed by atoms with Gasteiger partial charge in [0, 0.05) is 31.1 Å². The lowest BCUT2D eigenvalue weighted by atomic mass is 9.95. The molecular weight excluding hydrogens is 436 g/mol. The normalized spacial score (nSPS) is 21.0. The van der Waals surface area contributed by atoms with Gasteiger partial charge < -0.3 is 9.47 Å². The number of likely N-dealkylation sites (tertiary alicyclic amines) is 1. The maximum atomic E-state index is 13.0. The molecule has 5 nitrogen and oxygen atoms in total. The summed E-state index contributed by atoms with van der Waals surface area (Å²) < 4.78 is 11.8. The number of unbranched alkanes of at least 4 members (excludes halogenated alkanes) is 1. The molecule has 188 valence electrons. The number of aromatic nitrogens is 1. The van der Waals surface area contributed by atoms with Crippen LogP contribution in [0.25, 0.3) is 0 Å². The molecule has 2 heterocycles. The molecule has 1 saturated heterocycles. The van der Waals surface area contributed by atoms with Gasteiger partial charge in [0.05, 0.1) is 12.7 Å². The molecule has 1 aliphatic heterocycles. The SMILES string of the molecule is CCOC(=O)C(c1ccccc1C1CC1)N1CC[C@@H](OCCCCc2ccc3c(n2)CCCC3)C1. The van der Waals surface area contributed by atoms with E-state index in [1.807, 2.05) is 6.92 Å². The van der Waals surface area contributed by atoms with Gasteiger partial charge in [-0.2, -0.15) is 0 Å². The van der Waals surface area contributed by atoms with E-state index in [9.17, 15) is 4.79 Å². The van der Waals surface area contributed by atoms with Gasteiger partial charge in [-0.1, -0.05) is 30.3 Å². The molecule has 0 spiro atoms. The fourth-order valence-electron chi connectivity index (χ4n) is 5.77. The number of pyridine rings is 1. The molecular formula is C30H40N2O3. The molecule has 2 aliphatic carbocycles. The smallest absolute Gasteiger partial charge is 0.328 e. The molecule has 1 aromatic carbocycles. The Morgan fingerprint density at radius 3 is 2.80 bits per heavy atom. The standard InChI is InChI=1S/C30H40N2O3/c1-2-34-30(33)29(27-12-5-4-11-26(27)22-14-15-22)32-19-18-25(21-32)35-20-8-7-10-24-17-16-23-9-3-6-13-28(23)31-24/h4-5,11-12,16-17,22,25,29H,2-3,6-10,13-15,18-21H2,1H3/t25-,29?/m1/s1. The van der Waals surface area contributed by atoms with Gasteiger partial charge in [0.25, 0.3) is 0 Å². The fraction of sp³-hybridized carbons (Fsp3) is 0.600. The van der Waals surface area contributed by atoms with Crippen LogP contribution in [0, 0.1) is 0 Å². The zero-order valence-electron chi connectivity index (χ0n) is 21.2. The van der Waals surface area contributed by atoms with Crippen molar-refractivity contribution in [3.8, 4) is 0 Å². The quantitative estimate of drug-likeness (QED) is 0.314. The lowest BCUT2D eigenvalue weighted by Gasteiger charge is -2.28.